The maximum Gasteiger partial charge on any atom is 0.0514 e. The summed E-state index contributed by atoms with van der Waals surface area (Å²) in [5.74, 6) is 0.569. The minimum atomic E-state index is -0.176. The highest BCUT2D eigenvalue weighted by Crippen LogP contribution is 2.24. The van der Waals surface area contributed by atoms with Gasteiger partial charge in [-0.25, -0.2) is 0 Å². The van der Waals surface area contributed by atoms with Gasteiger partial charge in [-0.3, -0.25) is 0 Å². The molecule has 16 heavy (non-hydrogen) atoms. The third kappa shape index (κ3) is 2.85. The van der Waals surface area contributed by atoms with Crippen molar-refractivity contribution in [3.63, 3.8) is 0 Å². The molecule has 0 aliphatic heterocycles. The summed E-state index contributed by atoms with van der Waals surface area (Å²) in [6.45, 7) is 4.10. The fourth-order valence-electron chi connectivity index (χ4n) is 2.82. The van der Waals surface area contributed by atoms with Crippen LogP contribution in [0.5, 0.6) is 0 Å². The lowest BCUT2D eigenvalue weighted by molar-refractivity contribution is 0.164. The molecule has 1 heteroatoms. The van der Waals surface area contributed by atoms with E-state index in [9.17, 15) is 5.11 Å². The zero-order valence-corrected chi connectivity index (χ0v) is 10.4. The molecule has 1 nitrogen and oxygen atoms in total. The maximum absolute atomic E-state index is 9.36. The number of rotatable bonds is 4. The summed E-state index contributed by atoms with van der Waals surface area (Å²) in [4.78, 5) is 0. The highest BCUT2D eigenvalue weighted by atomic mass is 16.3. The zero-order chi connectivity index (χ0) is 11.5. The van der Waals surface area contributed by atoms with Gasteiger partial charge in [0.2, 0.25) is 0 Å². The lowest BCUT2D eigenvalue weighted by atomic mass is 9.94. The molecule has 0 amide bonds. The first-order chi connectivity index (χ1) is 7.65. The molecule has 1 aromatic carbocycles. The van der Waals surface area contributed by atoms with Crippen molar-refractivity contribution in [2.75, 3.05) is 0 Å². The first-order valence-electron chi connectivity index (χ1n) is 6.44. The van der Waals surface area contributed by atoms with Crippen LogP contribution in [0.25, 0.3) is 0 Å². The van der Waals surface area contributed by atoms with E-state index in [1.165, 1.54) is 24.8 Å². The quantitative estimate of drug-likeness (QED) is 0.823. The second-order valence-electron chi connectivity index (χ2n) is 5.35. The fraction of sp³-hybridized carbons (Fsp3) is 0.600. The van der Waals surface area contributed by atoms with E-state index >= 15 is 0 Å². The van der Waals surface area contributed by atoms with E-state index in [0.717, 1.165) is 12.8 Å². The second kappa shape index (κ2) is 5.01. The zero-order valence-electron chi connectivity index (χ0n) is 10.4. The fourth-order valence-corrected chi connectivity index (χ4v) is 2.82. The van der Waals surface area contributed by atoms with Gasteiger partial charge in [0.1, 0.15) is 0 Å². The number of aryl methyl sites for hydroxylation is 2. The van der Waals surface area contributed by atoms with Crippen LogP contribution >= 0.6 is 0 Å². The molecule has 0 spiro atoms. The first kappa shape index (κ1) is 11.7. The Balaban J connectivity index is 1.99. The SMILES string of the molecule is CC(O)CC(C)Cc1ccc2c(c1)CCC2. The Morgan fingerprint density at radius 3 is 2.69 bits per heavy atom. The molecule has 1 N–H and O–H groups in total. The number of aliphatic hydroxyl groups is 1. The topological polar surface area (TPSA) is 20.2 Å². The Labute approximate surface area is 98.5 Å². The van der Waals surface area contributed by atoms with Crippen LogP contribution in [-0.4, -0.2) is 11.2 Å². The Morgan fingerprint density at radius 1 is 1.19 bits per heavy atom. The largest absolute Gasteiger partial charge is 0.393 e. The van der Waals surface area contributed by atoms with Crippen LogP contribution in [0.2, 0.25) is 0 Å². The molecule has 0 bridgehead atoms. The first-order valence-corrected chi connectivity index (χ1v) is 6.44. The van der Waals surface area contributed by atoms with Crippen LogP contribution in [0.3, 0.4) is 0 Å². The summed E-state index contributed by atoms with van der Waals surface area (Å²) in [7, 11) is 0. The molecule has 0 saturated heterocycles. The van der Waals surface area contributed by atoms with Crippen molar-refractivity contribution in [3.05, 3.63) is 34.9 Å². The van der Waals surface area contributed by atoms with Crippen molar-refractivity contribution in [2.45, 2.75) is 52.1 Å². The van der Waals surface area contributed by atoms with Crippen molar-refractivity contribution < 1.29 is 5.11 Å². The van der Waals surface area contributed by atoms with Gasteiger partial charge in [-0.05, 0) is 61.6 Å². The van der Waals surface area contributed by atoms with Crippen LogP contribution in [-0.2, 0) is 19.3 Å². The number of benzene rings is 1. The van der Waals surface area contributed by atoms with E-state index in [0.29, 0.717) is 5.92 Å². The molecule has 1 aliphatic carbocycles. The van der Waals surface area contributed by atoms with Gasteiger partial charge in [0.05, 0.1) is 6.10 Å². The van der Waals surface area contributed by atoms with Crippen LogP contribution in [0.1, 0.15) is 43.4 Å². The van der Waals surface area contributed by atoms with Gasteiger partial charge < -0.3 is 5.11 Å². The average molecular weight is 218 g/mol. The molecule has 0 fully saturated rings. The number of fused-ring (bicyclic) bond motifs is 1. The number of aliphatic hydroxyl groups excluding tert-OH is 1. The molecule has 2 unspecified atom stereocenters. The molecule has 0 heterocycles. The summed E-state index contributed by atoms with van der Waals surface area (Å²) in [6, 6.07) is 6.94. The normalized spacial score (nSPS) is 18.2. The average Bonchev–Trinajstić information content (AvgIpc) is 2.63. The van der Waals surface area contributed by atoms with E-state index in [1.54, 1.807) is 11.1 Å². The molecule has 0 radical (unpaired) electrons. The van der Waals surface area contributed by atoms with Crippen molar-refractivity contribution in [2.24, 2.45) is 5.92 Å². The molecule has 2 atom stereocenters. The minimum absolute atomic E-state index is 0.176. The molecule has 1 aromatic rings. The van der Waals surface area contributed by atoms with Crippen molar-refractivity contribution in [1.82, 2.24) is 0 Å². The summed E-state index contributed by atoms with van der Waals surface area (Å²) in [6.07, 6.45) is 5.66. The maximum atomic E-state index is 9.36. The summed E-state index contributed by atoms with van der Waals surface area (Å²) < 4.78 is 0. The minimum Gasteiger partial charge on any atom is -0.393 e. The Kier molecular flexibility index (Phi) is 3.65. The van der Waals surface area contributed by atoms with Crippen LogP contribution in [0, 0.1) is 5.92 Å². The number of hydrogen-bond acceptors (Lipinski definition) is 1. The van der Waals surface area contributed by atoms with Gasteiger partial charge in [0.15, 0.2) is 0 Å². The summed E-state index contributed by atoms with van der Waals surface area (Å²) in [5, 5.41) is 9.36. The summed E-state index contributed by atoms with van der Waals surface area (Å²) in [5.41, 5.74) is 4.54. The van der Waals surface area contributed by atoms with Gasteiger partial charge in [-0.15, -0.1) is 0 Å². The Hall–Kier alpha value is -0.820. The lowest BCUT2D eigenvalue weighted by Crippen LogP contribution is -2.09. The van der Waals surface area contributed by atoms with Gasteiger partial charge in [-0.1, -0.05) is 25.1 Å². The Morgan fingerprint density at radius 2 is 1.94 bits per heavy atom. The molecular formula is C15H22O. The van der Waals surface area contributed by atoms with Gasteiger partial charge in [0.25, 0.3) is 0 Å². The number of hydrogen-bond donors (Lipinski definition) is 1. The van der Waals surface area contributed by atoms with E-state index in [4.69, 9.17) is 0 Å². The predicted octanol–water partition coefficient (Wildman–Crippen LogP) is 3.12. The molecule has 88 valence electrons. The molecular weight excluding hydrogens is 196 g/mol. The van der Waals surface area contributed by atoms with Crippen molar-refractivity contribution >= 4 is 0 Å². The Bertz CT molecular complexity index is 354. The summed E-state index contributed by atoms with van der Waals surface area (Å²) >= 11 is 0. The third-order valence-corrected chi connectivity index (χ3v) is 3.49. The lowest BCUT2D eigenvalue weighted by Gasteiger charge is -2.14. The molecule has 0 saturated carbocycles. The molecule has 0 aromatic heterocycles. The van der Waals surface area contributed by atoms with E-state index in [1.807, 2.05) is 6.92 Å². The smallest absolute Gasteiger partial charge is 0.0514 e. The van der Waals surface area contributed by atoms with E-state index in [2.05, 4.69) is 25.1 Å². The van der Waals surface area contributed by atoms with Gasteiger partial charge >= 0.3 is 0 Å². The molecule has 2 rings (SSSR count). The van der Waals surface area contributed by atoms with E-state index < -0.39 is 0 Å². The molecule has 1 aliphatic rings. The third-order valence-electron chi connectivity index (χ3n) is 3.49. The highest BCUT2D eigenvalue weighted by Gasteiger charge is 2.12. The van der Waals surface area contributed by atoms with Crippen LogP contribution in [0.4, 0.5) is 0 Å². The van der Waals surface area contributed by atoms with Crippen LogP contribution < -0.4 is 0 Å². The van der Waals surface area contributed by atoms with Gasteiger partial charge in [-0.2, -0.15) is 0 Å². The standard InChI is InChI=1S/C15H22O/c1-11(8-12(2)16)9-13-6-7-14-4-3-5-15(14)10-13/h6-7,10-12,16H,3-5,8-9H2,1-2H3. The second-order valence-corrected chi connectivity index (χ2v) is 5.35. The van der Waals surface area contributed by atoms with Gasteiger partial charge in [0, 0.05) is 0 Å². The van der Waals surface area contributed by atoms with Crippen LogP contribution in [0.15, 0.2) is 18.2 Å². The van der Waals surface area contributed by atoms with Crippen molar-refractivity contribution in [3.8, 4) is 0 Å². The highest BCUT2D eigenvalue weighted by molar-refractivity contribution is 5.35. The monoisotopic (exact) mass is 218 g/mol. The van der Waals surface area contributed by atoms with Crippen molar-refractivity contribution in [1.29, 1.82) is 0 Å². The predicted molar refractivity (Wildman–Crippen MR) is 67.6 cm³/mol. The van der Waals surface area contributed by atoms with E-state index in [-0.39, 0.29) is 6.10 Å².